The zero-order valence-electron chi connectivity index (χ0n) is 12.3. The highest BCUT2D eigenvalue weighted by molar-refractivity contribution is 7.21. The number of carboxylic acids is 1. The van der Waals surface area contributed by atoms with E-state index in [0.717, 1.165) is 28.5 Å². The van der Waals surface area contributed by atoms with Crippen LogP contribution in [0.5, 0.6) is 0 Å². The minimum absolute atomic E-state index is 0.155. The van der Waals surface area contributed by atoms with E-state index in [2.05, 4.69) is 5.32 Å². The fourth-order valence-corrected chi connectivity index (χ4v) is 3.43. The van der Waals surface area contributed by atoms with E-state index in [4.69, 9.17) is 5.11 Å². The van der Waals surface area contributed by atoms with Gasteiger partial charge in [0.1, 0.15) is 5.82 Å². The summed E-state index contributed by atoms with van der Waals surface area (Å²) < 4.78 is 14.0. The summed E-state index contributed by atoms with van der Waals surface area (Å²) in [6, 6.07) is 4.53. The first-order valence-electron chi connectivity index (χ1n) is 7.17. The topological polar surface area (TPSA) is 66.4 Å². The third-order valence-corrected chi connectivity index (χ3v) is 4.71. The summed E-state index contributed by atoms with van der Waals surface area (Å²) in [6.45, 7) is 2.37. The van der Waals surface area contributed by atoms with Crippen molar-refractivity contribution in [3.05, 3.63) is 34.5 Å². The van der Waals surface area contributed by atoms with Crippen molar-refractivity contribution in [2.24, 2.45) is 0 Å². The van der Waals surface area contributed by atoms with Crippen molar-refractivity contribution in [3.63, 3.8) is 0 Å². The number of aryl methyl sites for hydroxylation is 1. The number of carbonyl (C=O) groups excluding carboxylic acids is 1. The van der Waals surface area contributed by atoms with Gasteiger partial charge in [-0.25, -0.2) is 4.39 Å². The van der Waals surface area contributed by atoms with Gasteiger partial charge in [-0.15, -0.1) is 11.3 Å². The molecule has 0 radical (unpaired) electrons. The molecule has 0 atom stereocenters. The third kappa shape index (κ3) is 4.04. The van der Waals surface area contributed by atoms with Gasteiger partial charge < -0.3 is 10.4 Å². The minimum atomic E-state index is -0.794. The van der Waals surface area contributed by atoms with Gasteiger partial charge in [-0.05, 0) is 42.8 Å². The van der Waals surface area contributed by atoms with Crippen molar-refractivity contribution in [1.82, 2.24) is 5.32 Å². The summed E-state index contributed by atoms with van der Waals surface area (Å²) in [7, 11) is 0. The van der Waals surface area contributed by atoms with Crippen LogP contribution in [0.1, 0.15) is 40.9 Å². The number of amides is 1. The fraction of sp³-hybridized carbons (Fsp3) is 0.375. The summed E-state index contributed by atoms with van der Waals surface area (Å²) in [4.78, 5) is 23.2. The second kappa shape index (κ2) is 7.35. The first-order chi connectivity index (χ1) is 10.5. The van der Waals surface area contributed by atoms with E-state index in [-0.39, 0.29) is 18.1 Å². The predicted molar refractivity (Wildman–Crippen MR) is 85.0 cm³/mol. The molecular weight excluding hydrogens is 305 g/mol. The molecule has 0 fully saturated rings. The lowest BCUT2D eigenvalue weighted by Crippen LogP contribution is -2.24. The maximum atomic E-state index is 13.2. The summed E-state index contributed by atoms with van der Waals surface area (Å²) in [5.74, 6) is -1.26. The number of carbonyl (C=O) groups is 2. The SMILES string of the molecule is Cc1c(C(=O)NCCCCCC(=O)O)sc2cc(F)ccc12. The number of nitrogens with one attached hydrogen (secondary N) is 1. The molecule has 1 heterocycles. The Morgan fingerprint density at radius 2 is 2.05 bits per heavy atom. The van der Waals surface area contributed by atoms with Crippen LogP contribution >= 0.6 is 11.3 Å². The van der Waals surface area contributed by atoms with Gasteiger partial charge in [-0.3, -0.25) is 9.59 Å². The lowest BCUT2D eigenvalue weighted by molar-refractivity contribution is -0.137. The summed E-state index contributed by atoms with van der Waals surface area (Å²) in [5.41, 5.74) is 0.864. The van der Waals surface area contributed by atoms with Crippen molar-refractivity contribution < 1.29 is 19.1 Å². The zero-order chi connectivity index (χ0) is 16.1. The molecule has 0 bridgehead atoms. The molecule has 0 unspecified atom stereocenters. The molecule has 1 aromatic heterocycles. The van der Waals surface area contributed by atoms with E-state index in [9.17, 15) is 14.0 Å². The van der Waals surface area contributed by atoms with Crippen LogP contribution < -0.4 is 5.32 Å². The Morgan fingerprint density at radius 3 is 2.77 bits per heavy atom. The van der Waals surface area contributed by atoms with Crippen LogP contribution in [0.3, 0.4) is 0 Å². The smallest absolute Gasteiger partial charge is 0.303 e. The standard InChI is InChI=1S/C16H18FNO3S/c1-10-12-7-6-11(17)9-13(12)22-15(10)16(21)18-8-4-2-3-5-14(19)20/h6-7,9H,2-5,8H2,1H3,(H,18,21)(H,19,20). The molecular formula is C16H18FNO3S. The molecule has 0 spiro atoms. The maximum Gasteiger partial charge on any atom is 0.303 e. The molecule has 6 heteroatoms. The Labute approximate surface area is 132 Å². The van der Waals surface area contributed by atoms with Crippen LogP contribution in [0.15, 0.2) is 18.2 Å². The summed E-state index contributed by atoms with van der Waals surface area (Å²) in [5, 5.41) is 12.3. The van der Waals surface area contributed by atoms with Gasteiger partial charge in [0.2, 0.25) is 0 Å². The second-order valence-corrected chi connectivity index (χ2v) is 6.21. The Balaban J connectivity index is 1.90. The summed E-state index contributed by atoms with van der Waals surface area (Å²) in [6.07, 6.45) is 2.29. The van der Waals surface area contributed by atoms with Crippen molar-refractivity contribution in [2.75, 3.05) is 6.54 Å². The number of aliphatic carboxylic acids is 1. The quantitative estimate of drug-likeness (QED) is 0.763. The maximum absolute atomic E-state index is 13.2. The van der Waals surface area contributed by atoms with E-state index >= 15 is 0 Å². The Bertz CT molecular complexity index is 696. The third-order valence-electron chi connectivity index (χ3n) is 3.46. The van der Waals surface area contributed by atoms with Crippen molar-refractivity contribution >= 4 is 33.3 Å². The molecule has 0 saturated heterocycles. The molecule has 2 rings (SSSR count). The highest BCUT2D eigenvalue weighted by Gasteiger charge is 2.15. The molecule has 2 N–H and O–H groups in total. The van der Waals surface area contributed by atoms with Crippen LogP contribution in [0.2, 0.25) is 0 Å². The number of unbranched alkanes of at least 4 members (excludes halogenated alkanes) is 2. The highest BCUT2D eigenvalue weighted by Crippen LogP contribution is 2.31. The van der Waals surface area contributed by atoms with Gasteiger partial charge in [0.05, 0.1) is 4.88 Å². The number of carboxylic acid groups (broad SMARTS) is 1. The van der Waals surface area contributed by atoms with E-state index in [0.29, 0.717) is 17.8 Å². The lowest BCUT2D eigenvalue weighted by Gasteiger charge is -2.04. The van der Waals surface area contributed by atoms with Crippen LogP contribution in [0.4, 0.5) is 4.39 Å². The van der Waals surface area contributed by atoms with Crippen LogP contribution in [0, 0.1) is 12.7 Å². The normalized spacial score (nSPS) is 10.8. The van der Waals surface area contributed by atoms with Gasteiger partial charge >= 0.3 is 5.97 Å². The van der Waals surface area contributed by atoms with Crippen molar-refractivity contribution in [2.45, 2.75) is 32.6 Å². The molecule has 0 aliphatic rings. The number of fused-ring (bicyclic) bond motifs is 1. The number of halogens is 1. The van der Waals surface area contributed by atoms with Gasteiger partial charge in [0.15, 0.2) is 0 Å². The van der Waals surface area contributed by atoms with Crippen LogP contribution in [0.25, 0.3) is 10.1 Å². The molecule has 118 valence electrons. The Morgan fingerprint density at radius 1 is 1.27 bits per heavy atom. The molecule has 4 nitrogen and oxygen atoms in total. The number of thiophene rings is 1. The monoisotopic (exact) mass is 323 g/mol. The van der Waals surface area contributed by atoms with E-state index in [1.54, 1.807) is 6.07 Å². The number of hydrogen-bond donors (Lipinski definition) is 2. The molecule has 1 amide bonds. The van der Waals surface area contributed by atoms with E-state index in [1.165, 1.54) is 23.5 Å². The molecule has 22 heavy (non-hydrogen) atoms. The van der Waals surface area contributed by atoms with Gasteiger partial charge in [0, 0.05) is 17.7 Å². The van der Waals surface area contributed by atoms with Crippen LogP contribution in [-0.4, -0.2) is 23.5 Å². The Hall–Kier alpha value is -1.95. The van der Waals surface area contributed by atoms with Gasteiger partial charge in [0.25, 0.3) is 5.91 Å². The summed E-state index contributed by atoms with van der Waals surface area (Å²) >= 11 is 1.29. The van der Waals surface area contributed by atoms with E-state index in [1.807, 2.05) is 6.92 Å². The van der Waals surface area contributed by atoms with Crippen LogP contribution in [-0.2, 0) is 4.79 Å². The minimum Gasteiger partial charge on any atom is -0.481 e. The molecule has 2 aromatic rings. The number of benzene rings is 1. The fourth-order valence-electron chi connectivity index (χ4n) is 2.28. The Kier molecular flexibility index (Phi) is 5.49. The van der Waals surface area contributed by atoms with Crippen molar-refractivity contribution in [3.8, 4) is 0 Å². The average Bonchev–Trinajstić information content (AvgIpc) is 2.78. The first-order valence-corrected chi connectivity index (χ1v) is 7.99. The molecule has 0 aliphatic carbocycles. The zero-order valence-corrected chi connectivity index (χ0v) is 13.1. The predicted octanol–water partition coefficient (Wildman–Crippen LogP) is 3.72. The second-order valence-electron chi connectivity index (χ2n) is 5.16. The molecule has 0 aliphatic heterocycles. The average molecular weight is 323 g/mol. The first kappa shape index (κ1) is 16.4. The van der Waals surface area contributed by atoms with Gasteiger partial charge in [-0.2, -0.15) is 0 Å². The number of rotatable bonds is 7. The number of hydrogen-bond acceptors (Lipinski definition) is 3. The van der Waals surface area contributed by atoms with Crippen molar-refractivity contribution in [1.29, 1.82) is 0 Å². The lowest BCUT2D eigenvalue weighted by atomic mass is 10.1. The highest BCUT2D eigenvalue weighted by atomic mass is 32.1. The molecule has 0 saturated carbocycles. The van der Waals surface area contributed by atoms with E-state index < -0.39 is 5.97 Å². The van der Waals surface area contributed by atoms with Gasteiger partial charge in [-0.1, -0.05) is 12.5 Å². The molecule has 1 aromatic carbocycles. The largest absolute Gasteiger partial charge is 0.481 e.